The highest BCUT2D eigenvalue weighted by Gasteiger charge is 2.39. The number of hydrogen-bond donors (Lipinski definition) is 3. The van der Waals surface area contributed by atoms with Crippen molar-refractivity contribution in [3.63, 3.8) is 0 Å². The quantitative estimate of drug-likeness (QED) is 0.793. The van der Waals surface area contributed by atoms with Gasteiger partial charge in [0.25, 0.3) is 0 Å². The van der Waals surface area contributed by atoms with Crippen LogP contribution in [0, 0.1) is 11.2 Å². The van der Waals surface area contributed by atoms with Crippen LogP contribution in [0.3, 0.4) is 0 Å². The summed E-state index contributed by atoms with van der Waals surface area (Å²) >= 11 is 0. The van der Waals surface area contributed by atoms with E-state index in [0.717, 1.165) is 25.3 Å². The molecule has 1 aliphatic rings. The minimum absolute atomic E-state index is 0.0174. The third kappa shape index (κ3) is 3.64. The van der Waals surface area contributed by atoms with Gasteiger partial charge in [-0.25, -0.2) is 9.18 Å². The molecule has 0 spiro atoms. The van der Waals surface area contributed by atoms with Crippen LogP contribution in [-0.4, -0.2) is 34.3 Å². The molecule has 2 amide bonds. The van der Waals surface area contributed by atoms with E-state index in [0.29, 0.717) is 5.69 Å². The van der Waals surface area contributed by atoms with Gasteiger partial charge >= 0.3 is 6.03 Å². The third-order valence-corrected chi connectivity index (χ3v) is 5.20. The molecule has 22 heavy (non-hydrogen) atoms. The maximum absolute atomic E-state index is 13.7. The summed E-state index contributed by atoms with van der Waals surface area (Å²) in [6, 6.07) is 3.52. The van der Waals surface area contributed by atoms with Gasteiger partial charge in [-0.2, -0.15) is 0 Å². The van der Waals surface area contributed by atoms with Crippen molar-refractivity contribution in [3.8, 4) is 0 Å². The SMILES string of the molecule is CS(=O)c1ccc(NC(=O)NC2CCCC2(C)CO)cc1F. The number of urea groups is 1. The Kier molecular flexibility index (Phi) is 5.18. The molecule has 0 aliphatic heterocycles. The molecule has 3 N–H and O–H groups in total. The maximum Gasteiger partial charge on any atom is 0.319 e. The number of amides is 2. The normalized spacial score (nSPS) is 25.7. The number of anilines is 1. The summed E-state index contributed by atoms with van der Waals surface area (Å²) in [5, 5.41) is 14.9. The number of nitrogens with one attached hydrogen (secondary N) is 2. The molecule has 1 aromatic carbocycles. The van der Waals surface area contributed by atoms with E-state index in [2.05, 4.69) is 10.6 Å². The van der Waals surface area contributed by atoms with Crippen LogP contribution in [0.1, 0.15) is 26.2 Å². The van der Waals surface area contributed by atoms with Crippen molar-refractivity contribution in [3.05, 3.63) is 24.0 Å². The Labute approximate surface area is 131 Å². The van der Waals surface area contributed by atoms with Crippen LogP contribution in [0.4, 0.5) is 14.9 Å². The second-order valence-electron chi connectivity index (χ2n) is 5.95. The molecule has 0 radical (unpaired) electrons. The molecular weight excluding hydrogens is 307 g/mol. The summed E-state index contributed by atoms with van der Waals surface area (Å²) in [5.74, 6) is -0.611. The van der Waals surface area contributed by atoms with Gasteiger partial charge in [0, 0.05) is 23.4 Å². The van der Waals surface area contributed by atoms with E-state index < -0.39 is 22.6 Å². The monoisotopic (exact) mass is 328 g/mol. The first-order valence-corrected chi connectivity index (χ1v) is 8.73. The Balaban J connectivity index is 2.01. The van der Waals surface area contributed by atoms with Gasteiger partial charge in [-0.1, -0.05) is 13.3 Å². The summed E-state index contributed by atoms with van der Waals surface area (Å²) in [6.07, 6.45) is 4.02. The summed E-state index contributed by atoms with van der Waals surface area (Å²) in [6.45, 7) is 1.96. The number of rotatable bonds is 4. The molecule has 1 aliphatic carbocycles. The number of halogens is 1. The Morgan fingerprint density at radius 1 is 1.55 bits per heavy atom. The van der Waals surface area contributed by atoms with E-state index in [1.165, 1.54) is 18.4 Å². The van der Waals surface area contributed by atoms with Crippen LogP contribution in [0.15, 0.2) is 23.1 Å². The highest BCUT2D eigenvalue weighted by Crippen LogP contribution is 2.37. The Morgan fingerprint density at radius 2 is 2.27 bits per heavy atom. The zero-order chi connectivity index (χ0) is 16.3. The number of carbonyl (C=O) groups excluding carboxylic acids is 1. The fourth-order valence-electron chi connectivity index (χ4n) is 2.81. The van der Waals surface area contributed by atoms with Crippen LogP contribution in [0.25, 0.3) is 0 Å². The zero-order valence-corrected chi connectivity index (χ0v) is 13.5. The van der Waals surface area contributed by atoms with E-state index in [4.69, 9.17) is 0 Å². The molecule has 1 aromatic rings. The lowest BCUT2D eigenvalue weighted by atomic mass is 9.86. The van der Waals surface area contributed by atoms with E-state index in [1.807, 2.05) is 6.92 Å². The molecule has 1 saturated carbocycles. The number of aliphatic hydroxyl groups is 1. The molecule has 1 fully saturated rings. The minimum atomic E-state index is -1.41. The lowest BCUT2D eigenvalue weighted by Gasteiger charge is -2.30. The van der Waals surface area contributed by atoms with Gasteiger partial charge in [0.05, 0.1) is 22.3 Å². The smallest absolute Gasteiger partial charge is 0.319 e. The molecule has 0 bridgehead atoms. The van der Waals surface area contributed by atoms with E-state index >= 15 is 0 Å². The Bertz CT molecular complexity index is 596. The highest BCUT2D eigenvalue weighted by atomic mass is 32.2. The number of benzene rings is 1. The first kappa shape index (κ1) is 16.9. The fourth-order valence-corrected chi connectivity index (χ4v) is 3.40. The predicted molar refractivity (Wildman–Crippen MR) is 83.7 cm³/mol. The molecule has 2 rings (SSSR count). The molecule has 122 valence electrons. The molecule has 3 unspecified atom stereocenters. The number of aliphatic hydroxyl groups excluding tert-OH is 1. The average molecular weight is 328 g/mol. The fraction of sp³-hybridized carbons (Fsp3) is 0.533. The van der Waals surface area contributed by atoms with Crippen LogP contribution in [0.5, 0.6) is 0 Å². The molecule has 0 heterocycles. The maximum atomic E-state index is 13.7. The van der Waals surface area contributed by atoms with Crippen molar-refractivity contribution in [1.29, 1.82) is 0 Å². The topological polar surface area (TPSA) is 78.4 Å². The van der Waals surface area contributed by atoms with Crippen molar-refractivity contribution in [1.82, 2.24) is 5.32 Å². The largest absolute Gasteiger partial charge is 0.396 e. The molecule has 0 saturated heterocycles. The summed E-state index contributed by atoms with van der Waals surface area (Å²) < 4.78 is 25.0. The van der Waals surface area contributed by atoms with Crippen LogP contribution < -0.4 is 10.6 Å². The number of hydrogen-bond acceptors (Lipinski definition) is 3. The summed E-state index contributed by atoms with van der Waals surface area (Å²) in [7, 11) is -1.41. The lowest BCUT2D eigenvalue weighted by Crippen LogP contribution is -2.46. The number of carbonyl (C=O) groups is 1. The van der Waals surface area contributed by atoms with Crippen LogP contribution in [-0.2, 0) is 10.8 Å². The van der Waals surface area contributed by atoms with Gasteiger partial charge in [0.1, 0.15) is 5.82 Å². The average Bonchev–Trinajstić information content (AvgIpc) is 2.80. The lowest BCUT2D eigenvalue weighted by molar-refractivity contribution is 0.122. The third-order valence-electron chi connectivity index (χ3n) is 4.25. The van der Waals surface area contributed by atoms with Crippen LogP contribution in [0.2, 0.25) is 0 Å². The molecule has 3 atom stereocenters. The molecule has 5 nitrogen and oxygen atoms in total. The van der Waals surface area contributed by atoms with Crippen molar-refractivity contribution in [2.45, 2.75) is 37.1 Å². The first-order valence-electron chi connectivity index (χ1n) is 7.17. The molecule has 7 heteroatoms. The van der Waals surface area contributed by atoms with Gasteiger partial charge < -0.3 is 15.7 Å². The highest BCUT2D eigenvalue weighted by molar-refractivity contribution is 7.84. The summed E-state index contributed by atoms with van der Waals surface area (Å²) in [4.78, 5) is 12.1. The zero-order valence-electron chi connectivity index (χ0n) is 12.7. The standard InChI is InChI=1S/C15H21FN2O3S/c1-15(9-19)7-3-4-13(15)18-14(20)17-10-5-6-12(22(2)21)11(16)8-10/h5-6,8,13,19H,3-4,7,9H2,1-2H3,(H2,17,18,20). The summed E-state index contributed by atoms with van der Waals surface area (Å²) in [5.41, 5.74) is -0.0150. The van der Waals surface area contributed by atoms with Gasteiger partial charge in [0.2, 0.25) is 0 Å². The molecule has 0 aromatic heterocycles. The predicted octanol–water partition coefficient (Wildman–Crippen LogP) is 2.24. The Morgan fingerprint density at radius 3 is 2.86 bits per heavy atom. The van der Waals surface area contributed by atoms with E-state index in [9.17, 15) is 18.5 Å². The van der Waals surface area contributed by atoms with Crippen molar-refractivity contribution < 1.29 is 18.5 Å². The van der Waals surface area contributed by atoms with Gasteiger partial charge in [-0.3, -0.25) is 4.21 Å². The minimum Gasteiger partial charge on any atom is -0.396 e. The second kappa shape index (κ2) is 6.75. The Hall–Kier alpha value is -1.47. The molecular formula is C15H21FN2O3S. The van der Waals surface area contributed by atoms with Crippen molar-refractivity contribution in [2.24, 2.45) is 5.41 Å². The first-order chi connectivity index (χ1) is 10.4. The van der Waals surface area contributed by atoms with Crippen molar-refractivity contribution >= 4 is 22.5 Å². The van der Waals surface area contributed by atoms with Gasteiger partial charge in [0.15, 0.2) is 0 Å². The van der Waals surface area contributed by atoms with Gasteiger partial charge in [-0.05, 0) is 31.0 Å². The van der Waals surface area contributed by atoms with E-state index in [1.54, 1.807) is 0 Å². The van der Waals surface area contributed by atoms with Crippen molar-refractivity contribution in [2.75, 3.05) is 18.2 Å². The van der Waals surface area contributed by atoms with E-state index in [-0.39, 0.29) is 23.0 Å². The second-order valence-corrected chi connectivity index (χ2v) is 7.30. The van der Waals surface area contributed by atoms with Gasteiger partial charge in [-0.15, -0.1) is 0 Å². The van der Waals surface area contributed by atoms with Crippen LogP contribution >= 0.6 is 0 Å².